The molecule has 0 spiro atoms. The maximum atomic E-state index is 14.0. The molecular formula is C24H23FN2O2. The molecular weight excluding hydrogens is 367 g/mol. The lowest BCUT2D eigenvalue weighted by molar-refractivity contribution is -0.134. The Labute approximate surface area is 170 Å². The predicted molar refractivity (Wildman–Crippen MR) is 109 cm³/mol. The van der Waals surface area contributed by atoms with Gasteiger partial charge in [0.1, 0.15) is 11.6 Å². The Morgan fingerprint density at radius 1 is 1.03 bits per heavy atom. The van der Waals surface area contributed by atoms with Crippen LogP contribution in [0.5, 0.6) is 5.75 Å². The second-order valence-electron chi connectivity index (χ2n) is 7.17. The Balaban J connectivity index is 1.45. The van der Waals surface area contributed by atoms with E-state index in [1.165, 1.54) is 6.07 Å². The van der Waals surface area contributed by atoms with Crippen LogP contribution in [-0.2, 0) is 11.2 Å². The Morgan fingerprint density at radius 3 is 2.66 bits per heavy atom. The summed E-state index contributed by atoms with van der Waals surface area (Å²) in [6, 6.07) is 21.8. The van der Waals surface area contributed by atoms with E-state index in [2.05, 4.69) is 0 Å². The van der Waals surface area contributed by atoms with Gasteiger partial charge in [-0.1, -0.05) is 42.5 Å². The summed E-state index contributed by atoms with van der Waals surface area (Å²) in [5, 5.41) is 0. The largest absolute Gasteiger partial charge is 0.484 e. The van der Waals surface area contributed by atoms with Crippen molar-refractivity contribution in [1.29, 1.82) is 0 Å². The van der Waals surface area contributed by atoms with Crippen LogP contribution in [0.3, 0.4) is 0 Å². The van der Waals surface area contributed by atoms with E-state index in [0.29, 0.717) is 24.3 Å². The molecule has 0 bridgehead atoms. The van der Waals surface area contributed by atoms with Crippen LogP contribution in [0.25, 0.3) is 0 Å². The molecule has 1 saturated heterocycles. The lowest BCUT2D eigenvalue weighted by Gasteiger charge is -2.24. The number of halogens is 1. The number of hydrogen-bond acceptors (Lipinski definition) is 3. The van der Waals surface area contributed by atoms with E-state index in [1.807, 2.05) is 59.5 Å². The van der Waals surface area contributed by atoms with Crippen LogP contribution >= 0.6 is 0 Å². The first-order valence-electron chi connectivity index (χ1n) is 9.87. The van der Waals surface area contributed by atoms with Crippen molar-refractivity contribution in [2.24, 2.45) is 0 Å². The van der Waals surface area contributed by atoms with Gasteiger partial charge in [-0.3, -0.25) is 9.78 Å². The number of para-hydroxylation sites is 1. The SMILES string of the molecule is O=C(COc1ccccc1)N1CCC[C@@H]1c1cccc(Cc2ccccc2F)n1. The molecule has 0 N–H and O–H groups in total. The van der Waals surface area contributed by atoms with Crippen LogP contribution in [-0.4, -0.2) is 28.9 Å². The smallest absolute Gasteiger partial charge is 0.261 e. The van der Waals surface area contributed by atoms with Gasteiger partial charge in [0.15, 0.2) is 6.61 Å². The monoisotopic (exact) mass is 390 g/mol. The number of hydrogen-bond donors (Lipinski definition) is 0. The molecule has 1 atom stereocenters. The molecule has 148 valence electrons. The molecule has 0 unspecified atom stereocenters. The average molecular weight is 390 g/mol. The number of nitrogens with zero attached hydrogens (tertiary/aromatic N) is 2. The molecule has 5 heteroatoms. The highest BCUT2D eigenvalue weighted by Crippen LogP contribution is 2.31. The molecule has 1 amide bonds. The van der Waals surface area contributed by atoms with Gasteiger partial charge in [0.25, 0.3) is 5.91 Å². The highest BCUT2D eigenvalue weighted by atomic mass is 19.1. The molecule has 1 aromatic heterocycles. The summed E-state index contributed by atoms with van der Waals surface area (Å²) in [6.07, 6.45) is 2.23. The van der Waals surface area contributed by atoms with Crippen LogP contribution in [0, 0.1) is 5.82 Å². The molecule has 0 saturated carbocycles. The summed E-state index contributed by atoms with van der Waals surface area (Å²) in [5.74, 6) is 0.412. The van der Waals surface area contributed by atoms with Crippen LogP contribution in [0.15, 0.2) is 72.8 Å². The fourth-order valence-electron chi connectivity index (χ4n) is 3.74. The van der Waals surface area contributed by atoms with E-state index in [0.717, 1.165) is 24.2 Å². The summed E-state index contributed by atoms with van der Waals surface area (Å²) in [7, 11) is 0. The van der Waals surface area contributed by atoms with Crippen LogP contribution in [0.4, 0.5) is 4.39 Å². The van der Waals surface area contributed by atoms with Gasteiger partial charge in [-0.05, 0) is 48.7 Å². The average Bonchev–Trinajstić information content (AvgIpc) is 3.25. The molecule has 4 rings (SSSR count). The molecule has 4 nitrogen and oxygen atoms in total. The maximum Gasteiger partial charge on any atom is 0.261 e. The molecule has 1 fully saturated rings. The summed E-state index contributed by atoms with van der Waals surface area (Å²) in [6.45, 7) is 0.705. The standard InChI is InChI=1S/C24H23FN2O2/c25-21-12-5-4-8-18(21)16-19-9-6-13-22(26-19)23-14-7-15-27(23)24(28)17-29-20-10-2-1-3-11-20/h1-6,8-13,23H,7,14-17H2/t23-/m1/s1. The number of carbonyl (C=O) groups is 1. The van der Waals surface area contributed by atoms with E-state index in [9.17, 15) is 9.18 Å². The van der Waals surface area contributed by atoms with E-state index >= 15 is 0 Å². The van der Waals surface area contributed by atoms with Crippen molar-refractivity contribution >= 4 is 5.91 Å². The van der Waals surface area contributed by atoms with E-state index in [-0.39, 0.29) is 24.4 Å². The van der Waals surface area contributed by atoms with Crippen molar-refractivity contribution in [3.63, 3.8) is 0 Å². The number of pyridine rings is 1. The topological polar surface area (TPSA) is 42.4 Å². The summed E-state index contributed by atoms with van der Waals surface area (Å²) >= 11 is 0. The zero-order valence-corrected chi connectivity index (χ0v) is 16.1. The van der Waals surface area contributed by atoms with Gasteiger partial charge in [-0.25, -0.2) is 4.39 Å². The number of rotatable bonds is 6. The maximum absolute atomic E-state index is 14.0. The third-order valence-electron chi connectivity index (χ3n) is 5.18. The van der Waals surface area contributed by atoms with Crippen molar-refractivity contribution in [3.05, 3.63) is 95.6 Å². The van der Waals surface area contributed by atoms with Crippen LogP contribution < -0.4 is 4.74 Å². The zero-order chi connectivity index (χ0) is 20.1. The number of ether oxygens (including phenoxy) is 1. The minimum Gasteiger partial charge on any atom is -0.484 e. The molecule has 1 aliphatic heterocycles. The number of benzene rings is 2. The van der Waals surface area contributed by atoms with E-state index in [4.69, 9.17) is 9.72 Å². The Morgan fingerprint density at radius 2 is 1.83 bits per heavy atom. The van der Waals surface area contributed by atoms with Gasteiger partial charge < -0.3 is 9.64 Å². The second kappa shape index (κ2) is 8.86. The molecule has 1 aliphatic rings. The lowest BCUT2D eigenvalue weighted by Crippen LogP contribution is -2.34. The van der Waals surface area contributed by atoms with E-state index in [1.54, 1.807) is 12.1 Å². The Bertz CT molecular complexity index is 977. The fraction of sp³-hybridized carbons (Fsp3) is 0.250. The fourth-order valence-corrected chi connectivity index (χ4v) is 3.74. The normalized spacial score (nSPS) is 16.0. The minimum absolute atomic E-state index is 0.00936. The first kappa shape index (κ1) is 19.1. The first-order valence-corrected chi connectivity index (χ1v) is 9.87. The predicted octanol–water partition coefficient (Wildman–Crippen LogP) is 4.55. The zero-order valence-electron chi connectivity index (χ0n) is 16.1. The van der Waals surface area contributed by atoms with Crippen molar-refractivity contribution in [1.82, 2.24) is 9.88 Å². The van der Waals surface area contributed by atoms with Crippen molar-refractivity contribution in [3.8, 4) is 5.75 Å². The van der Waals surface area contributed by atoms with Crippen molar-refractivity contribution in [2.75, 3.05) is 13.2 Å². The third-order valence-corrected chi connectivity index (χ3v) is 5.18. The van der Waals surface area contributed by atoms with Crippen molar-refractivity contribution < 1.29 is 13.9 Å². The molecule has 0 aliphatic carbocycles. The van der Waals surface area contributed by atoms with Gasteiger partial charge >= 0.3 is 0 Å². The van der Waals surface area contributed by atoms with Gasteiger partial charge in [0, 0.05) is 18.7 Å². The first-order chi connectivity index (χ1) is 14.2. The molecule has 2 heterocycles. The summed E-state index contributed by atoms with van der Waals surface area (Å²) < 4.78 is 19.6. The second-order valence-corrected chi connectivity index (χ2v) is 7.17. The minimum atomic E-state index is -0.226. The van der Waals surface area contributed by atoms with Gasteiger partial charge in [0.2, 0.25) is 0 Å². The quantitative estimate of drug-likeness (QED) is 0.620. The number of amides is 1. The van der Waals surface area contributed by atoms with Gasteiger partial charge in [-0.2, -0.15) is 0 Å². The molecule has 3 aromatic rings. The van der Waals surface area contributed by atoms with Crippen LogP contribution in [0.2, 0.25) is 0 Å². The number of carbonyl (C=O) groups excluding carboxylic acids is 1. The number of aromatic nitrogens is 1. The molecule has 29 heavy (non-hydrogen) atoms. The van der Waals surface area contributed by atoms with Crippen molar-refractivity contribution in [2.45, 2.75) is 25.3 Å². The van der Waals surface area contributed by atoms with Gasteiger partial charge in [0.05, 0.1) is 11.7 Å². The summed E-state index contributed by atoms with van der Waals surface area (Å²) in [4.78, 5) is 19.3. The van der Waals surface area contributed by atoms with Crippen LogP contribution in [0.1, 0.15) is 35.8 Å². The third kappa shape index (κ3) is 4.62. The molecule has 0 radical (unpaired) electrons. The Kier molecular flexibility index (Phi) is 5.84. The molecule has 2 aromatic carbocycles. The Hall–Kier alpha value is -3.21. The number of likely N-dealkylation sites (tertiary alicyclic amines) is 1. The highest BCUT2D eigenvalue weighted by molar-refractivity contribution is 5.78. The van der Waals surface area contributed by atoms with Gasteiger partial charge in [-0.15, -0.1) is 0 Å². The highest BCUT2D eigenvalue weighted by Gasteiger charge is 2.31. The summed E-state index contributed by atoms with van der Waals surface area (Å²) in [5.41, 5.74) is 2.27. The van der Waals surface area contributed by atoms with E-state index < -0.39 is 0 Å². The lowest BCUT2D eigenvalue weighted by atomic mass is 10.1.